The first-order valence-electron chi connectivity index (χ1n) is 17.6. The van der Waals surface area contributed by atoms with E-state index in [1.54, 1.807) is 15.1 Å². The molecular formula is C38H47N7O4S. The van der Waals surface area contributed by atoms with E-state index in [0.29, 0.717) is 30.6 Å². The molecule has 2 unspecified atom stereocenters. The van der Waals surface area contributed by atoms with Crippen molar-refractivity contribution in [3.8, 4) is 5.69 Å². The third kappa shape index (κ3) is 7.28. The molecular weight excluding hydrogens is 651 g/mol. The third-order valence-corrected chi connectivity index (χ3v) is 12.1. The van der Waals surface area contributed by atoms with E-state index in [1.807, 2.05) is 61.5 Å². The van der Waals surface area contributed by atoms with Crippen molar-refractivity contribution < 1.29 is 17.9 Å². The van der Waals surface area contributed by atoms with Crippen LogP contribution in [-0.4, -0.2) is 71.9 Å². The van der Waals surface area contributed by atoms with Gasteiger partial charge in [-0.25, -0.2) is 22.9 Å². The molecule has 0 spiro atoms. The van der Waals surface area contributed by atoms with Gasteiger partial charge in [-0.05, 0) is 86.9 Å². The van der Waals surface area contributed by atoms with Gasteiger partial charge in [-0.2, -0.15) is 9.40 Å². The van der Waals surface area contributed by atoms with Gasteiger partial charge in [0.1, 0.15) is 16.5 Å². The molecule has 2 N–H and O–H groups in total. The first-order valence-corrected chi connectivity index (χ1v) is 19.0. The van der Waals surface area contributed by atoms with Crippen molar-refractivity contribution in [2.75, 3.05) is 41.8 Å². The topological polar surface area (TPSA) is 122 Å². The van der Waals surface area contributed by atoms with E-state index >= 15 is 0 Å². The Labute approximate surface area is 295 Å². The van der Waals surface area contributed by atoms with E-state index in [1.165, 1.54) is 6.20 Å². The number of carbonyl (C=O) groups excluding carboxylic acids is 1. The van der Waals surface area contributed by atoms with E-state index in [0.717, 1.165) is 73.5 Å². The summed E-state index contributed by atoms with van der Waals surface area (Å²) in [4.78, 5) is 20.2. The van der Waals surface area contributed by atoms with Gasteiger partial charge in [-0.3, -0.25) is 5.32 Å². The molecule has 3 aliphatic heterocycles. The summed E-state index contributed by atoms with van der Waals surface area (Å²) in [6.45, 7) is 11.1. The van der Waals surface area contributed by atoms with Gasteiger partial charge in [0, 0.05) is 48.5 Å². The van der Waals surface area contributed by atoms with E-state index < -0.39 is 10.0 Å². The zero-order valence-corrected chi connectivity index (χ0v) is 30.1. The Morgan fingerprint density at radius 3 is 2.32 bits per heavy atom. The number of urea groups is 1. The Hall–Kier alpha value is -4.26. The van der Waals surface area contributed by atoms with Crippen molar-refractivity contribution in [3.05, 3.63) is 89.7 Å². The molecule has 7 rings (SSSR count). The Kier molecular flexibility index (Phi) is 9.44. The summed E-state index contributed by atoms with van der Waals surface area (Å²) in [5.41, 5.74) is 4.52. The molecule has 2 aromatic heterocycles. The zero-order valence-electron chi connectivity index (χ0n) is 29.3. The van der Waals surface area contributed by atoms with Gasteiger partial charge in [0.2, 0.25) is 10.0 Å². The van der Waals surface area contributed by atoms with Gasteiger partial charge in [-0.1, -0.05) is 50.6 Å². The normalized spacial score (nSPS) is 21.3. The van der Waals surface area contributed by atoms with Crippen molar-refractivity contribution in [3.63, 3.8) is 0 Å². The molecule has 50 heavy (non-hydrogen) atoms. The summed E-state index contributed by atoms with van der Waals surface area (Å²) in [6.07, 6.45) is 5.71. The number of hydrogen-bond acceptors (Lipinski definition) is 7. The number of amides is 2. The van der Waals surface area contributed by atoms with E-state index in [2.05, 4.69) is 47.4 Å². The number of hydrogen-bond donors (Lipinski definition) is 2. The number of nitrogens with zero attached hydrogens (tertiary/aromatic N) is 5. The molecule has 3 aliphatic rings. The standard InChI is InChI=1S/C38H47N7O4S/c1-26-8-10-30(11-9-26)44-36(24-34(42-44)38(2,3)4)41-37(46)40-29-7-5-6-27(21-29)20-28-22-31-12-13-32(23-28)45(31)50(47,48)33-14-15-35(39-25-33)43-16-18-49-19-17-43/h5-11,14-15,21,24-25,28,31-32H,12-13,16-20,22-23H2,1-4H3,(H2,40,41,46). The largest absolute Gasteiger partial charge is 0.378 e. The number of morpholine rings is 1. The minimum absolute atomic E-state index is 0.0221. The number of aryl methyl sites for hydroxylation is 1. The Morgan fingerprint density at radius 1 is 0.940 bits per heavy atom. The number of rotatable bonds is 8. The number of nitrogens with one attached hydrogen (secondary N) is 2. The molecule has 2 amide bonds. The van der Waals surface area contributed by atoms with Gasteiger partial charge in [0.05, 0.1) is 24.6 Å². The van der Waals surface area contributed by atoms with Crippen molar-refractivity contribution in [2.24, 2.45) is 5.92 Å². The number of carbonyl (C=O) groups is 1. The van der Waals surface area contributed by atoms with Crippen LogP contribution in [0.3, 0.4) is 0 Å². The smallest absolute Gasteiger partial charge is 0.324 e. The first kappa shape index (κ1) is 34.2. The summed E-state index contributed by atoms with van der Waals surface area (Å²) in [5.74, 6) is 1.73. The van der Waals surface area contributed by atoms with Crippen LogP contribution < -0.4 is 15.5 Å². The number of ether oxygens (including phenoxy) is 1. The Morgan fingerprint density at radius 2 is 1.66 bits per heavy atom. The van der Waals surface area contributed by atoms with E-state index in [-0.39, 0.29) is 28.4 Å². The van der Waals surface area contributed by atoms with Gasteiger partial charge in [0.15, 0.2) is 0 Å². The van der Waals surface area contributed by atoms with Crippen molar-refractivity contribution in [1.29, 1.82) is 0 Å². The van der Waals surface area contributed by atoms with Crippen LogP contribution in [0.4, 0.5) is 22.1 Å². The fourth-order valence-electron chi connectivity index (χ4n) is 7.54. The minimum atomic E-state index is -3.65. The molecule has 0 radical (unpaired) electrons. The number of sulfonamides is 1. The molecule has 264 valence electrons. The third-order valence-electron chi connectivity index (χ3n) is 10.1. The molecule has 12 heteroatoms. The number of fused-ring (bicyclic) bond motifs is 2. The summed E-state index contributed by atoms with van der Waals surface area (Å²) >= 11 is 0. The van der Waals surface area contributed by atoms with Crippen LogP contribution in [0.15, 0.2) is 77.8 Å². The van der Waals surface area contributed by atoms with Crippen molar-refractivity contribution in [1.82, 2.24) is 19.1 Å². The van der Waals surface area contributed by atoms with Gasteiger partial charge in [0.25, 0.3) is 0 Å². The fourth-order valence-corrected chi connectivity index (χ4v) is 9.38. The molecule has 3 saturated heterocycles. The maximum Gasteiger partial charge on any atom is 0.324 e. The highest BCUT2D eigenvalue weighted by molar-refractivity contribution is 7.89. The van der Waals surface area contributed by atoms with Crippen LogP contribution in [0.1, 0.15) is 63.3 Å². The van der Waals surface area contributed by atoms with Gasteiger partial charge in [-0.15, -0.1) is 0 Å². The second-order valence-corrected chi connectivity index (χ2v) is 16.7. The Bertz CT molecular complexity index is 1920. The number of pyridine rings is 1. The average molecular weight is 698 g/mol. The molecule has 0 saturated carbocycles. The van der Waals surface area contributed by atoms with Crippen molar-refractivity contribution >= 4 is 33.4 Å². The highest BCUT2D eigenvalue weighted by atomic mass is 32.2. The molecule has 2 bridgehead atoms. The van der Waals surface area contributed by atoms with E-state index in [9.17, 15) is 13.2 Å². The fraction of sp³-hybridized carbons (Fsp3) is 0.447. The second kappa shape index (κ2) is 13.8. The number of aromatic nitrogens is 3. The van der Waals surface area contributed by atoms with E-state index in [4.69, 9.17) is 9.84 Å². The zero-order chi connectivity index (χ0) is 35.0. The number of benzene rings is 2. The average Bonchev–Trinajstić information content (AvgIpc) is 3.64. The lowest BCUT2D eigenvalue weighted by Crippen LogP contribution is -2.46. The molecule has 5 heterocycles. The van der Waals surface area contributed by atoms with Crippen LogP contribution in [0.5, 0.6) is 0 Å². The predicted molar refractivity (Wildman–Crippen MR) is 196 cm³/mol. The molecule has 4 aromatic rings. The van der Waals surface area contributed by atoms with Crippen LogP contribution in [0.25, 0.3) is 5.69 Å². The van der Waals surface area contributed by atoms with Gasteiger partial charge < -0.3 is 15.0 Å². The summed E-state index contributed by atoms with van der Waals surface area (Å²) < 4.78 is 36.7. The first-order chi connectivity index (χ1) is 23.9. The lowest BCUT2D eigenvalue weighted by Gasteiger charge is -2.38. The highest BCUT2D eigenvalue weighted by Gasteiger charge is 2.47. The lowest BCUT2D eigenvalue weighted by molar-refractivity contribution is 0.122. The van der Waals surface area contributed by atoms with Crippen LogP contribution in [0.2, 0.25) is 0 Å². The molecule has 0 aliphatic carbocycles. The molecule has 11 nitrogen and oxygen atoms in total. The van der Waals surface area contributed by atoms with Crippen LogP contribution >= 0.6 is 0 Å². The maximum absolute atomic E-state index is 13.8. The summed E-state index contributed by atoms with van der Waals surface area (Å²) in [5, 5.41) is 10.8. The summed E-state index contributed by atoms with van der Waals surface area (Å²) in [6, 6.07) is 21.0. The quantitative estimate of drug-likeness (QED) is 0.215. The van der Waals surface area contributed by atoms with Crippen LogP contribution in [-0.2, 0) is 26.6 Å². The molecule has 2 aromatic carbocycles. The highest BCUT2D eigenvalue weighted by Crippen LogP contribution is 2.43. The van der Waals surface area contributed by atoms with Crippen LogP contribution in [0, 0.1) is 12.8 Å². The Balaban J connectivity index is 0.990. The molecule has 2 atom stereocenters. The van der Waals surface area contributed by atoms with Crippen molar-refractivity contribution in [2.45, 2.75) is 82.2 Å². The summed E-state index contributed by atoms with van der Waals surface area (Å²) in [7, 11) is -3.65. The number of anilines is 3. The maximum atomic E-state index is 13.8. The predicted octanol–water partition coefficient (Wildman–Crippen LogP) is 6.53. The van der Waals surface area contributed by atoms with Gasteiger partial charge >= 0.3 is 6.03 Å². The lowest BCUT2D eigenvalue weighted by atomic mass is 9.87. The second-order valence-electron chi connectivity index (χ2n) is 14.9. The monoisotopic (exact) mass is 697 g/mol. The minimum Gasteiger partial charge on any atom is -0.378 e. The molecule has 3 fully saturated rings. The SMILES string of the molecule is Cc1ccc(-n2nc(C(C)(C)C)cc2NC(=O)Nc2cccc(CC3CC4CCC(C3)N4S(=O)(=O)c3ccc(N4CCOCC4)nc3)c2)cc1. The number of piperidine rings is 1.